The lowest BCUT2D eigenvalue weighted by atomic mass is 10.1. The number of rotatable bonds is 1. The summed E-state index contributed by atoms with van der Waals surface area (Å²) >= 11 is 0. The Morgan fingerprint density at radius 2 is 1.79 bits per heavy atom. The number of imide groups is 1. The first-order valence-electron chi connectivity index (χ1n) is 7.10. The summed E-state index contributed by atoms with van der Waals surface area (Å²) in [5.74, 6) is -1.35. The minimum absolute atomic E-state index is 0.0169. The van der Waals surface area contributed by atoms with Gasteiger partial charge in [0.15, 0.2) is 0 Å². The van der Waals surface area contributed by atoms with Crippen molar-refractivity contribution in [1.29, 1.82) is 0 Å². The fourth-order valence-electron chi connectivity index (χ4n) is 2.97. The van der Waals surface area contributed by atoms with E-state index in [1.165, 1.54) is 16.7 Å². The van der Waals surface area contributed by atoms with Gasteiger partial charge in [0, 0.05) is 11.5 Å². The lowest BCUT2D eigenvalue weighted by Gasteiger charge is -2.14. The normalized spacial score (nSPS) is 13.2. The zero-order valence-corrected chi connectivity index (χ0v) is 12.2. The van der Waals surface area contributed by atoms with Gasteiger partial charge in [0.05, 0.1) is 16.8 Å². The molecule has 0 saturated carbocycles. The van der Waals surface area contributed by atoms with Gasteiger partial charge in [0.2, 0.25) is 0 Å². The molecule has 0 bridgehead atoms. The number of hydrogen-bond acceptors (Lipinski definition) is 5. The first kappa shape index (κ1) is 14.0. The molecule has 1 aromatic heterocycles. The number of aromatic hydroxyl groups is 1. The van der Waals surface area contributed by atoms with Gasteiger partial charge in [-0.05, 0) is 23.6 Å². The zero-order chi connectivity index (χ0) is 17.0. The topological polar surface area (TPSA) is 114 Å². The van der Waals surface area contributed by atoms with Crippen LogP contribution in [-0.4, -0.2) is 21.5 Å². The third-order valence-electron chi connectivity index (χ3n) is 4.04. The summed E-state index contributed by atoms with van der Waals surface area (Å²) in [7, 11) is 0. The lowest BCUT2D eigenvalue weighted by Crippen LogP contribution is -2.24. The molecular weight excluding hydrogens is 310 g/mol. The number of nitrogen functional groups attached to an aromatic ring is 1. The number of phenolic OH excluding ortho intramolecular Hbond substituents is 1. The first-order valence-corrected chi connectivity index (χ1v) is 7.10. The Kier molecular flexibility index (Phi) is 2.74. The second-order valence-electron chi connectivity index (χ2n) is 5.46. The molecule has 2 amide bonds. The quantitative estimate of drug-likeness (QED) is 0.582. The Hall–Kier alpha value is -3.61. The van der Waals surface area contributed by atoms with Crippen LogP contribution >= 0.6 is 0 Å². The van der Waals surface area contributed by atoms with Gasteiger partial charge >= 0.3 is 0 Å². The van der Waals surface area contributed by atoms with Crippen molar-refractivity contribution in [1.82, 2.24) is 9.88 Å². The summed E-state index contributed by atoms with van der Waals surface area (Å²) in [5, 5.41) is 13.3. The Labute approximate surface area is 134 Å². The van der Waals surface area contributed by atoms with Gasteiger partial charge < -0.3 is 10.8 Å². The average Bonchev–Trinajstić information content (AvgIpc) is 2.82. The number of fused-ring (bicyclic) bond motifs is 2. The largest absolute Gasteiger partial charge is 0.508 e. The van der Waals surface area contributed by atoms with Gasteiger partial charge in [-0.2, -0.15) is 0 Å². The highest BCUT2D eigenvalue weighted by atomic mass is 16.3. The number of hydrogen-bond donors (Lipinski definition) is 3. The monoisotopic (exact) mass is 321 g/mol. The molecule has 0 aliphatic carbocycles. The van der Waals surface area contributed by atoms with Crippen LogP contribution < -0.4 is 16.6 Å². The van der Waals surface area contributed by atoms with Crippen molar-refractivity contribution in [3.8, 4) is 11.4 Å². The molecule has 1 aliphatic rings. The maximum atomic E-state index is 12.5. The predicted molar refractivity (Wildman–Crippen MR) is 87.4 cm³/mol. The molecule has 2 aromatic carbocycles. The van der Waals surface area contributed by atoms with E-state index in [9.17, 15) is 19.5 Å². The molecular formula is C17H11N3O4. The zero-order valence-electron chi connectivity index (χ0n) is 12.2. The van der Waals surface area contributed by atoms with E-state index in [0.29, 0.717) is 11.1 Å². The summed E-state index contributed by atoms with van der Waals surface area (Å²) in [4.78, 5) is 36.2. The summed E-state index contributed by atoms with van der Waals surface area (Å²) < 4.78 is 1.17. The van der Waals surface area contributed by atoms with Crippen molar-refractivity contribution in [2.24, 2.45) is 0 Å². The Bertz CT molecular complexity index is 1110. The molecule has 2 heterocycles. The van der Waals surface area contributed by atoms with Crippen molar-refractivity contribution < 1.29 is 14.7 Å². The molecule has 0 spiro atoms. The molecule has 4 rings (SSSR count). The SMILES string of the molecule is Nc1c2c(cc(=O)n1-c1cccc3ccc(O)cc13)C(=O)NC2=O. The predicted octanol–water partition coefficient (Wildman–Crippen LogP) is 1.16. The average molecular weight is 321 g/mol. The molecule has 0 atom stereocenters. The van der Waals surface area contributed by atoms with E-state index >= 15 is 0 Å². The summed E-state index contributed by atoms with van der Waals surface area (Å²) in [6, 6.07) is 11.1. The van der Waals surface area contributed by atoms with E-state index in [1.807, 2.05) is 6.07 Å². The third kappa shape index (κ3) is 1.81. The lowest BCUT2D eigenvalue weighted by molar-refractivity contribution is 0.0880. The van der Waals surface area contributed by atoms with Crippen LogP contribution in [0.5, 0.6) is 5.75 Å². The van der Waals surface area contributed by atoms with Gasteiger partial charge in [0.25, 0.3) is 17.4 Å². The van der Waals surface area contributed by atoms with E-state index < -0.39 is 17.4 Å². The minimum atomic E-state index is -0.637. The number of nitrogens with zero attached hydrogens (tertiary/aromatic N) is 1. The van der Waals surface area contributed by atoms with E-state index in [4.69, 9.17) is 5.73 Å². The fraction of sp³-hybridized carbons (Fsp3) is 0. The van der Waals surface area contributed by atoms with Crippen molar-refractivity contribution in [2.75, 3.05) is 5.73 Å². The molecule has 7 nitrogen and oxygen atoms in total. The molecule has 1 aliphatic heterocycles. The number of anilines is 1. The Balaban J connectivity index is 2.11. The van der Waals surface area contributed by atoms with Gasteiger partial charge in [-0.3, -0.25) is 24.3 Å². The van der Waals surface area contributed by atoms with Gasteiger partial charge in [0.1, 0.15) is 11.6 Å². The van der Waals surface area contributed by atoms with Crippen LogP contribution in [0.4, 0.5) is 5.82 Å². The van der Waals surface area contributed by atoms with E-state index in [2.05, 4.69) is 5.32 Å². The number of carbonyl (C=O) groups excluding carboxylic acids is 2. The van der Waals surface area contributed by atoms with Crippen molar-refractivity contribution >= 4 is 28.4 Å². The molecule has 118 valence electrons. The van der Waals surface area contributed by atoms with Crippen LogP contribution in [0.25, 0.3) is 16.5 Å². The number of benzene rings is 2. The van der Waals surface area contributed by atoms with E-state index in [0.717, 1.165) is 11.5 Å². The number of aromatic nitrogens is 1. The van der Waals surface area contributed by atoms with Crippen LogP contribution in [0.1, 0.15) is 20.7 Å². The molecule has 0 radical (unpaired) electrons. The van der Waals surface area contributed by atoms with Crippen LogP contribution in [0.2, 0.25) is 0 Å². The summed E-state index contributed by atoms with van der Waals surface area (Å²) in [6.45, 7) is 0. The van der Waals surface area contributed by atoms with Gasteiger partial charge in [-0.1, -0.05) is 18.2 Å². The van der Waals surface area contributed by atoms with Crippen molar-refractivity contribution in [3.05, 3.63) is 63.9 Å². The summed E-state index contributed by atoms with van der Waals surface area (Å²) in [6.07, 6.45) is 0. The number of amides is 2. The van der Waals surface area contributed by atoms with Crippen LogP contribution in [0.15, 0.2) is 47.3 Å². The number of phenols is 1. The highest BCUT2D eigenvalue weighted by Gasteiger charge is 2.32. The molecule has 0 fully saturated rings. The molecule has 4 N–H and O–H groups in total. The van der Waals surface area contributed by atoms with Gasteiger partial charge in [-0.25, -0.2) is 0 Å². The Morgan fingerprint density at radius 3 is 2.58 bits per heavy atom. The smallest absolute Gasteiger partial charge is 0.262 e. The molecule has 24 heavy (non-hydrogen) atoms. The second kappa shape index (κ2) is 4.69. The molecule has 3 aromatic rings. The maximum absolute atomic E-state index is 12.5. The van der Waals surface area contributed by atoms with Crippen molar-refractivity contribution in [3.63, 3.8) is 0 Å². The highest BCUT2D eigenvalue weighted by molar-refractivity contribution is 6.23. The minimum Gasteiger partial charge on any atom is -0.508 e. The number of carbonyl (C=O) groups is 2. The Morgan fingerprint density at radius 1 is 1.00 bits per heavy atom. The summed E-state index contributed by atoms with van der Waals surface area (Å²) in [5.41, 5.74) is 5.88. The van der Waals surface area contributed by atoms with E-state index in [-0.39, 0.29) is 22.7 Å². The van der Waals surface area contributed by atoms with Crippen LogP contribution in [0.3, 0.4) is 0 Å². The molecule has 0 unspecified atom stereocenters. The fourth-order valence-corrected chi connectivity index (χ4v) is 2.97. The van der Waals surface area contributed by atoms with Gasteiger partial charge in [-0.15, -0.1) is 0 Å². The third-order valence-corrected chi connectivity index (χ3v) is 4.04. The maximum Gasteiger partial charge on any atom is 0.262 e. The van der Waals surface area contributed by atoms with E-state index in [1.54, 1.807) is 18.2 Å². The first-order chi connectivity index (χ1) is 11.5. The molecule has 0 saturated heterocycles. The standard InChI is InChI=1S/C17H11N3O4/c18-15-14-11(16(23)19-17(14)24)7-13(22)20(15)12-3-1-2-8-4-5-9(21)6-10(8)12/h1-7,21H,18H2,(H,19,23,24). The number of nitrogens with two attached hydrogens (primary N) is 1. The van der Waals surface area contributed by atoms with Crippen LogP contribution in [0, 0.1) is 0 Å². The highest BCUT2D eigenvalue weighted by Crippen LogP contribution is 2.29. The molecule has 7 heteroatoms. The second-order valence-corrected chi connectivity index (χ2v) is 5.46. The van der Waals surface area contributed by atoms with Crippen LogP contribution in [-0.2, 0) is 0 Å². The number of pyridine rings is 1. The number of nitrogens with one attached hydrogen (secondary N) is 1. The van der Waals surface area contributed by atoms with Crippen molar-refractivity contribution in [2.45, 2.75) is 0 Å².